The maximum atomic E-state index is 13.0. The molecule has 0 aromatic carbocycles. The summed E-state index contributed by atoms with van der Waals surface area (Å²) in [6.07, 6.45) is 3.84. The molecule has 3 aliphatic heterocycles. The third-order valence-electron chi connectivity index (χ3n) is 5.54. The van der Waals surface area contributed by atoms with Crippen molar-refractivity contribution in [3.8, 4) is 0 Å². The Balaban J connectivity index is 1.34. The molecule has 2 amide bonds. The van der Waals surface area contributed by atoms with Crippen LogP contribution in [0, 0.1) is 0 Å². The second kappa shape index (κ2) is 9.39. The van der Waals surface area contributed by atoms with E-state index in [9.17, 15) is 19.5 Å². The molecule has 15 heteroatoms. The molecule has 5 heterocycles. The van der Waals surface area contributed by atoms with E-state index in [2.05, 4.69) is 20.8 Å². The van der Waals surface area contributed by atoms with E-state index in [-0.39, 0.29) is 22.2 Å². The molecule has 1 saturated heterocycles. The monoisotopic (exact) mass is 534 g/mol. The third-order valence-corrected chi connectivity index (χ3v) is 8.48. The van der Waals surface area contributed by atoms with Gasteiger partial charge in [-0.15, -0.1) is 23.1 Å². The number of oxime groups is 1. The molecule has 5 N–H and O–H groups in total. The van der Waals surface area contributed by atoms with Crippen molar-refractivity contribution >= 4 is 69.2 Å². The number of carboxylic acid groups (broad SMARTS) is 1. The van der Waals surface area contributed by atoms with E-state index in [1.807, 2.05) is 23.0 Å². The van der Waals surface area contributed by atoms with E-state index in [0.29, 0.717) is 17.9 Å². The highest BCUT2D eigenvalue weighted by atomic mass is 32.2. The predicted molar refractivity (Wildman–Crippen MR) is 131 cm³/mol. The number of carboxylic acids is 1. The molecule has 12 nitrogen and oxygen atoms in total. The van der Waals surface area contributed by atoms with Gasteiger partial charge in [0, 0.05) is 22.8 Å². The van der Waals surface area contributed by atoms with Crippen molar-refractivity contribution in [2.45, 2.75) is 22.9 Å². The van der Waals surface area contributed by atoms with E-state index in [1.54, 1.807) is 17.1 Å². The second-order valence-electron chi connectivity index (χ2n) is 7.67. The number of β-lactam (4-membered cyclic amide) rings is 1. The van der Waals surface area contributed by atoms with Gasteiger partial charge in [0.25, 0.3) is 11.8 Å². The van der Waals surface area contributed by atoms with E-state index >= 15 is 0 Å². The van der Waals surface area contributed by atoms with Crippen molar-refractivity contribution in [2.75, 3.05) is 29.8 Å². The van der Waals surface area contributed by atoms with Crippen LogP contribution in [0.25, 0.3) is 0 Å². The molecule has 0 spiro atoms. The van der Waals surface area contributed by atoms with Gasteiger partial charge in [-0.1, -0.05) is 16.9 Å². The summed E-state index contributed by atoms with van der Waals surface area (Å²) in [6, 6.07) is 1.04. The lowest BCUT2D eigenvalue weighted by Crippen LogP contribution is -2.71. The number of nitrogens with two attached hydrogens (primary N) is 1. The number of fused-ring (bicyclic) bond motifs is 2. The molecule has 0 radical (unpaired) electrons. The molecular weight excluding hydrogens is 514 g/mol. The van der Waals surface area contributed by atoms with Crippen LogP contribution < -0.4 is 20.9 Å². The SMILES string of the molecule is CON=C(C(=O)NC1C(=O)N2C(C(=O)O)=C(C[n+]3ccc4c(c3)SCN4)CS[C@H]12)c1csc(N)n1. The molecule has 0 aliphatic carbocycles. The van der Waals surface area contributed by atoms with Gasteiger partial charge in [0.2, 0.25) is 0 Å². The number of pyridine rings is 1. The molecule has 2 aromatic rings. The van der Waals surface area contributed by atoms with Crippen molar-refractivity contribution in [3.05, 3.63) is 40.8 Å². The van der Waals surface area contributed by atoms with Crippen molar-refractivity contribution < 1.29 is 28.9 Å². The maximum Gasteiger partial charge on any atom is 0.352 e. The Bertz CT molecular complexity index is 1290. The highest BCUT2D eigenvalue weighted by Crippen LogP contribution is 2.40. The van der Waals surface area contributed by atoms with Crippen LogP contribution in [0.1, 0.15) is 5.69 Å². The molecule has 182 valence electrons. The van der Waals surface area contributed by atoms with Crippen LogP contribution >= 0.6 is 34.9 Å². The highest BCUT2D eigenvalue weighted by molar-refractivity contribution is 8.00. The summed E-state index contributed by atoms with van der Waals surface area (Å²) in [7, 11) is 1.29. The number of carbonyl (C=O) groups is 3. The first-order valence-electron chi connectivity index (χ1n) is 10.3. The summed E-state index contributed by atoms with van der Waals surface area (Å²) < 4.78 is 1.91. The quantitative estimate of drug-likeness (QED) is 0.168. The number of nitrogen functional groups attached to an aromatic ring is 1. The number of aliphatic carboxylic acids is 1. The first kappa shape index (κ1) is 23.4. The van der Waals surface area contributed by atoms with Gasteiger partial charge >= 0.3 is 5.97 Å². The van der Waals surface area contributed by atoms with Gasteiger partial charge in [0.15, 0.2) is 29.8 Å². The van der Waals surface area contributed by atoms with Crippen LogP contribution in [0.15, 0.2) is 45.2 Å². The average molecular weight is 535 g/mol. The predicted octanol–water partition coefficient (Wildman–Crippen LogP) is 0.277. The van der Waals surface area contributed by atoms with Crippen molar-refractivity contribution in [1.82, 2.24) is 15.2 Å². The summed E-state index contributed by atoms with van der Waals surface area (Å²) in [6.45, 7) is 0.339. The van der Waals surface area contributed by atoms with Crippen LogP contribution in [-0.4, -0.2) is 68.6 Å². The number of carbonyl (C=O) groups excluding carboxylic acids is 2. The third kappa shape index (κ3) is 4.30. The van der Waals surface area contributed by atoms with E-state index in [4.69, 9.17) is 10.6 Å². The number of hydrogen-bond donors (Lipinski definition) is 4. The number of thiazole rings is 1. The Hall–Kier alpha value is -3.30. The van der Waals surface area contributed by atoms with Crippen LogP contribution in [0.2, 0.25) is 0 Å². The minimum Gasteiger partial charge on any atom is -0.477 e. The number of thioether (sulfide) groups is 2. The first-order valence-corrected chi connectivity index (χ1v) is 13.2. The number of aromatic nitrogens is 2. The highest BCUT2D eigenvalue weighted by Gasteiger charge is 2.54. The zero-order valence-corrected chi connectivity index (χ0v) is 20.7. The second-order valence-corrected chi connectivity index (χ2v) is 10.7. The summed E-state index contributed by atoms with van der Waals surface area (Å²) in [5.41, 5.74) is 7.38. The van der Waals surface area contributed by atoms with Crippen molar-refractivity contribution in [3.63, 3.8) is 0 Å². The Labute approximate surface area is 211 Å². The van der Waals surface area contributed by atoms with Crippen LogP contribution in [0.5, 0.6) is 0 Å². The van der Waals surface area contributed by atoms with Crippen molar-refractivity contribution in [1.29, 1.82) is 0 Å². The molecule has 1 unspecified atom stereocenters. The zero-order valence-electron chi connectivity index (χ0n) is 18.3. The fraction of sp³-hybridized carbons (Fsp3) is 0.300. The Morgan fingerprint density at radius 2 is 2.31 bits per heavy atom. The summed E-state index contributed by atoms with van der Waals surface area (Å²) >= 11 is 4.21. The molecule has 5 rings (SSSR count). The number of nitrogens with zero attached hydrogens (tertiary/aromatic N) is 4. The number of anilines is 2. The molecule has 0 bridgehead atoms. The Morgan fingerprint density at radius 3 is 3.03 bits per heavy atom. The molecule has 1 fully saturated rings. The lowest BCUT2D eigenvalue weighted by Gasteiger charge is -2.49. The molecule has 2 aromatic heterocycles. The fourth-order valence-electron chi connectivity index (χ4n) is 3.99. The molecular formula is C20H20N7O5S3+. The van der Waals surface area contributed by atoms with Gasteiger partial charge in [-0.2, -0.15) is 4.57 Å². The average Bonchev–Trinajstić information content (AvgIpc) is 3.48. The van der Waals surface area contributed by atoms with Crippen LogP contribution in [0.4, 0.5) is 10.8 Å². The van der Waals surface area contributed by atoms with Gasteiger partial charge in [-0.05, 0) is 0 Å². The van der Waals surface area contributed by atoms with Gasteiger partial charge < -0.3 is 26.3 Å². The molecule has 35 heavy (non-hydrogen) atoms. The molecule has 2 atom stereocenters. The van der Waals surface area contributed by atoms with Gasteiger partial charge in [-0.3, -0.25) is 14.5 Å². The number of amides is 2. The van der Waals surface area contributed by atoms with Crippen LogP contribution in [-0.2, 0) is 25.8 Å². The number of hydrogen-bond acceptors (Lipinski definition) is 11. The summed E-state index contributed by atoms with van der Waals surface area (Å²) in [5, 5.41) is 20.8. The Kier molecular flexibility index (Phi) is 6.29. The van der Waals surface area contributed by atoms with Crippen molar-refractivity contribution in [2.24, 2.45) is 5.16 Å². The first-order chi connectivity index (χ1) is 16.9. The lowest BCUT2D eigenvalue weighted by molar-refractivity contribution is -0.690. The Morgan fingerprint density at radius 1 is 1.49 bits per heavy atom. The van der Waals surface area contributed by atoms with E-state index < -0.39 is 29.2 Å². The van der Waals surface area contributed by atoms with Gasteiger partial charge in [0.1, 0.15) is 29.9 Å². The summed E-state index contributed by atoms with van der Waals surface area (Å²) in [5.74, 6) is -1.15. The standard InChI is InChI=1S/C20H19N7O5S3/c1-32-25-13(11-7-34-20(21)23-11)16(28)24-14-17(29)27-15(19(30)31)9(6-33-18(14)27)4-26-3-2-10-12(5-26)35-8-22-10/h2-3,5,7,14,18H,4,6,8H2,1H3,(H4,21,23,24,28,30,31)/p+1/t14?,18-/m1/s1. The topological polar surface area (TPSA) is 163 Å². The smallest absolute Gasteiger partial charge is 0.352 e. The van der Waals surface area contributed by atoms with Crippen LogP contribution in [0.3, 0.4) is 0 Å². The normalized spacial score (nSPS) is 21.1. The molecule has 3 aliphatic rings. The van der Waals surface area contributed by atoms with Gasteiger partial charge in [-0.25, -0.2) is 9.78 Å². The van der Waals surface area contributed by atoms with Gasteiger partial charge in [0.05, 0.1) is 16.5 Å². The number of rotatable bonds is 7. The lowest BCUT2D eigenvalue weighted by atomic mass is 10.0. The molecule has 0 saturated carbocycles. The number of nitrogens with one attached hydrogen (secondary N) is 2. The maximum absolute atomic E-state index is 13.0. The van der Waals surface area contributed by atoms with E-state index in [0.717, 1.165) is 27.8 Å². The minimum absolute atomic E-state index is 0.0407. The summed E-state index contributed by atoms with van der Waals surface area (Å²) in [4.78, 5) is 49.2. The minimum atomic E-state index is -1.18. The largest absolute Gasteiger partial charge is 0.477 e. The fourth-order valence-corrected chi connectivity index (χ4v) is 6.77. The van der Waals surface area contributed by atoms with E-state index in [1.165, 1.54) is 23.8 Å². The zero-order chi connectivity index (χ0) is 24.7.